The van der Waals surface area contributed by atoms with Gasteiger partial charge in [-0.25, -0.2) is 0 Å². The molecule has 39 heavy (non-hydrogen) atoms. The summed E-state index contributed by atoms with van der Waals surface area (Å²) in [6.07, 6.45) is 27.0. The number of anilines is 2. The van der Waals surface area contributed by atoms with Crippen molar-refractivity contribution < 1.29 is 9.47 Å². The number of nitrogens with one attached hydrogen (secondary N) is 1. The number of benzene rings is 2. The van der Waals surface area contributed by atoms with Crippen molar-refractivity contribution in [2.45, 2.75) is 142 Å². The first-order valence-corrected chi connectivity index (χ1v) is 16.5. The highest BCUT2D eigenvalue weighted by Gasteiger charge is 2.00. The van der Waals surface area contributed by atoms with Gasteiger partial charge < -0.3 is 14.8 Å². The van der Waals surface area contributed by atoms with Crippen molar-refractivity contribution in [3.63, 3.8) is 0 Å². The van der Waals surface area contributed by atoms with Gasteiger partial charge in [-0.3, -0.25) is 0 Å². The van der Waals surface area contributed by atoms with E-state index >= 15 is 0 Å². The van der Waals surface area contributed by atoms with Crippen molar-refractivity contribution in [1.82, 2.24) is 0 Å². The minimum atomic E-state index is 0.809. The van der Waals surface area contributed by atoms with Crippen LogP contribution >= 0.6 is 0 Å². The molecule has 0 aliphatic rings. The lowest BCUT2D eigenvalue weighted by molar-refractivity contribution is 0.304. The molecular weight excluding hydrogens is 478 g/mol. The molecule has 0 atom stereocenters. The summed E-state index contributed by atoms with van der Waals surface area (Å²) in [5.41, 5.74) is 2.14. The zero-order valence-electron chi connectivity index (χ0n) is 25.5. The van der Waals surface area contributed by atoms with E-state index in [0.717, 1.165) is 48.9 Å². The summed E-state index contributed by atoms with van der Waals surface area (Å²) in [4.78, 5) is 0. The molecule has 0 spiro atoms. The highest BCUT2D eigenvalue weighted by molar-refractivity contribution is 5.61. The summed E-state index contributed by atoms with van der Waals surface area (Å²) in [7, 11) is 0. The Hall–Kier alpha value is -2.16. The quantitative estimate of drug-likeness (QED) is 0.121. The fourth-order valence-electron chi connectivity index (χ4n) is 4.99. The maximum atomic E-state index is 5.95. The Labute approximate surface area is 241 Å². The molecule has 0 fully saturated rings. The third-order valence-corrected chi connectivity index (χ3v) is 7.53. The van der Waals surface area contributed by atoms with Crippen LogP contribution in [0.3, 0.4) is 0 Å². The van der Waals surface area contributed by atoms with E-state index in [1.807, 2.05) is 0 Å². The highest BCUT2D eigenvalue weighted by Crippen LogP contribution is 2.23. The maximum Gasteiger partial charge on any atom is 0.119 e. The second kappa shape index (κ2) is 23.7. The van der Waals surface area contributed by atoms with E-state index in [0.29, 0.717) is 0 Å². The van der Waals surface area contributed by atoms with Crippen molar-refractivity contribution in [3.8, 4) is 11.5 Å². The molecule has 2 aromatic rings. The van der Waals surface area contributed by atoms with E-state index in [-0.39, 0.29) is 0 Å². The van der Waals surface area contributed by atoms with Crippen LogP contribution in [0.25, 0.3) is 0 Å². The average molecular weight is 538 g/mol. The lowest BCUT2D eigenvalue weighted by Gasteiger charge is -2.10. The third-order valence-electron chi connectivity index (χ3n) is 7.53. The van der Waals surface area contributed by atoms with Crippen molar-refractivity contribution >= 4 is 11.4 Å². The molecule has 2 aromatic carbocycles. The van der Waals surface area contributed by atoms with Gasteiger partial charge in [0.1, 0.15) is 11.5 Å². The number of hydrogen-bond donors (Lipinski definition) is 1. The summed E-state index contributed by atoms with van der Waals surface area (Å²) in [6, 6.07) is 16.6. The standard InChI is InChI=1S/C36H59NO2/c1-3-5-7-9-11-13-15-17-19-21-31-38-35-27-23-33(24-28-35)37-34-25-29-36(30-26-34)39-32-22-20-18-16-14-12-10-8-6-4-2/h23-30,37H,3-22,31-32H2,1-2H3. The summed E-state index contributed by atoms with van der Waals surface area (Å²) in [5.74, 6) is 1.90. The first kappa shape index (κ1) is 33.0. The minimum absolute atomic E-state index is 0.809. The summed E-state index contributed by atoms with van der Waals surface area (Å²) in [5, 5.41) is 3.47. The van der Waals surface area contributed by atoms with Crippen LogP contribution in [0.5, 0.6) is 11.5 Å². The van der Waals surface area contributed by atoms with Crippen LogP contribution in [0, 0.1) is 0 Å². The van der Waals surface area contributed by atoms with Crippen LogP contribution < -0.4 is 14.8 Å². The van der Waals surface area contributed by atoms with Gasteiger partial charge in [0.15, 0.2) is 0 Å². The molecule has 0 amide bonds. The number of unbranched alkanes of at least 4 members (excludes halogenated alkanes) is 18. The van der Waals surface area contributed by atoms with Gasteiger partial charge in [0.05, 0.1) is 13.2 Å². The molecule has 220 valence electrons. The van der Waals surface area contributed by atoms with Gasteiger partial charge in [0.25, 0.3) is 0 Å². The van der Waals surface area contributed by atoms with Crippen molar-refractivity contribution in [1.29, 1.82) is 0 Å². The number of rotatable bonds is 26. The van der Waals surface area contributed by atoms with Gasteiger partial charge >= 0.3 is 0 Å². The predicted octanol–water partition coefficient (Wildman–Crippen LogP) is 12.0. The first-order valence-electron chi connectivity index (χ1n) is 16.5. The number of ether oxygens (including phenoxy) is 2. The lowest BCUT2D eigenvalue weighted by atomic mass is 10.1. The van der Waals surface area contributed by atoms with Crippen molar-refractivity contribution in [2.75, 3.05) is 18.5 Å². The van der Waals surface area contributed by atoms with Crippen molar-refractivity contribution in [3.05, 3.63) is 48.5 Å². The SMILES string of the molecule is CCCCCCCCCCCCOc1ccc(Nc2ccc(OCCCCCCCCCCCC)cc2)cc1. The lowest BCUT2D eigenvalue weighted by Crippen LogP contribution is -1.98. The Morgan fingerprint density at radius 1 is 0.385 bits per heavy atom. The number of hydrogen-bond acceptors (Lipinski definition) is 3. The maximum absolute atomic E-state index is 5.95. The van der Waals surface area contributed by atoms with Gasteiger partial charge in [-0.2, -0.15) is 0 Å². The monoisotopic (exact) mass is 537 g/mol. The minimum Gasteiger partial charge on any atom is -0.494 e. The molecule has 3 heteroatoms. The molecule has 0 radical (unpaired) electrons. The fourth-order valence-corrected chi connectivity index (χ4v) is 4.99. The van der Waals surface area contributed by atoms with E-state index in [9.17, 15) is 0 Å². The Morgan fingerprint density at radius 3 is 0.974 bits per heavy atom. The van der Waals surface area contributed by atoms with Crippen LogP contribution in [0.4, 0.5) is 11.4 Å². The third kappa shape index (κ3) is 17.9. The van der Waals surface area contributed by atoms with Crippen LogP contribution in [0.1, 0.15) is 142 Å². The smallest absolute Gasteiger partial charge is 0.119 e. The molecular formula is C36H59NO2. The average Bonchev–Trinajstić information content (AvgIpc) is 2.96. The van der Waals surface area contributed by atoms with Crippen LogP contribution in [0.2, 0.25) is 0 Å². The normalized spacial score (nSPS) is 11.0. The molecule has 0 bridgehead atoms. The van der Waals surface area contributed by atoms with E-state index in [1.54, 1.807) is 0 Å². The molecule has 0 heterocycles. The fraction of sp³-hybridized carbons (Fsp3) is 0.667. The van der Waals surface area contributed by atoms with Crippen LogP contribution in [-0.2, 0) is 0 Å². The van der Waals surface area contributed by atoms with Crippen molar-refractivity contribution in [2.24, 2.45) is 0 Å². The Morgan fingerprint density at radius 2 is 0.667 bits per heavy atom. The predicted molar refractivity (Wildman–Crippen MR) is 171 cm³/mol. The second-order valence-corrected chi connectivity index (χ2v) is 11.2. The van der Waals surface area contributed by atoms with Crippen LogP contribution in [0.15, 0.2) is 48.5 Å². The van der Waals surface area contributed by atoms with Gasteiger partial charge in [-0.1, -0.05) is 129 Å². The van der Waals surface area contributed by atoms with E-state index in [2.05, 4.69) is 67.7 Å². The van der Waals surface area contributed by atoms with E-state index in [1.165, 1.54) is 116 Å². The molecule has 1 N–H and O–H groups in total. The van der Waals surface area contributed by atoms with Crippen LogP contribution in [-0.4, -0.2) is 13.2 Å². The molecule has 2 rings (SSSR count). The summed E-state index contributed by atoms with van der Waals surface area (Å²) < 4.78 is 11.9. The zero-order chi connectivity index (χ0) is 27.6. The topological polar surface area (TPSA) is 30.5 Å². The molecule has 0 aliphatic heterocycles. The molecule has 0 saturated heterocycles. The molecule has 0 aromatic heterocycles. The molecule has 0 unspecified atom stereocenters. The Bertz CT molecular complexity index is 719. The van der Waals surface area contributed by atoms with Gasteiger partial charge in [-0.15, -0.1) is 0 Å². The zero-order valence-corrected chi connectivity index (χ0v) is 25.5. The largest absolute Gasteiger partial charge is 0.494 e. The molecule has 0 saturated carbocycles. The first-order chi connectivity index (χ1) is 19.3. The van der Waals surface area contributed by atoms with Gasteiger partial charge in [0, 0.05) is 11.4 Å². The highest BCUT2D eigenvalue weighted by atomic mass is 16.5. The van der Waals surface area contributed by atoms with Gasteiger partial charge in [-0.05, 0) is 61.4 Å². The molecule has 0 aliphatic carbocycles. The Kier molecular flexibility index (Phi) is 20.1. The second-order valence-electron chi connectivity index (χ2n) is 11.2. The van der Waals surface area contributed by atoms with E-state index < -0.39 is 0 Å². The Balaban J connectivity index is 1.48. The summed E-state index contributed by atoms with van der Waals surface area (Å²) in [6.45, 7) is 6.18. The summed E-state index contributed by atoms with van der Waals surface area (Å²) >= 11 is 0. The van der Waals surface area contributed by atoms with E-state index in [4.69, 9.17) is 9.47 Å². The molecule has 3 nitrogen and oxygen atoms in total. The van der Waals surface area contributed by atoms with Gasteiger partial charge in [0.2, 0.25) is 0 Å².